The second-order valence-corrected chi connectivity index (χ2v) is 9.02. The molecule has 0 unspecified atom stereocenters. The van der Waals surface area contributed by atoms with Gasteiger partial charge in [0.2, 0.25) is 0 Å². The summed E-state index contributed by atoms with van der Waals surface area (Å²) < 4.78 is 129. The van der Waals surface area contributed by atoms with Crippen molar-refractivity contribution >= 4 is 54.3 Å². The Bertz CT molecular complexity index is 2840. The minimum atomic E-state index is -0.600. The van der Waals surface area contributed by atoms with E-state index >= 15 is 0 Å². The maximum Gasteiger partial charge on any atom is 0.136 e. The Balaban J connectivity index is 1.60. The Kier molecular flexibility index (Phi) is 2.56. The van der Waals surface area contributed by atoms with Crippen molar-refractivity contribution in [1.29, 1.82) is 0 Å². The molecule has 0 aliphatic heterocycles. The largest absolute Gasteiger partial charge is 0.456 e. The van der Waals surface area contributed by atoms with Gasteiger partial charge in [-0.3, -0.25) is 0 Å². The van der Waals surface area contributed by atoms with Crippen molar-refractivity contribution in [2.24, 2.45) is 0 Å². The van der Waals surface area contributed by atoms with Crippen molar-refractivity contribution in [1.82, 2.24) is 0 Å². The summed E-state index contributed by atoms with van der Waals surface area (Å²) in [5.74, 6) is 0. The molecule has 38 heavy (non-hydrogen) atoms. The first-order chi connectivity index (χ1) is 24.6. The second kappa shape index (κ2) is 8.33. The van der Waals surface area contributed by atoms with Crippen LogP contribution in [-0.2, 0) is 6.42 Å². The number of benzene rings is 7. The summed E-state index contributed by atoms with van der Waals surface area (Å²) >= 11 is 0. The maximum atomic E-state index is 9.19. The number of hydrogen-bond acceptors (Lipinski definition) is 1. The van der Waals surface area contributed by atoms with Gasteiger partial charge in [-0.05, 0) is 79.2 Å². The third-order valence-corrected chi connectivity index (χ3v) is 6.97. The highest BCUT2D eigenvalue weighted by Crippen LogP contribution is 2.42. The van der Waals surface area contributed by atoms with Gasteiger partial charge in [0.05, 0.1) is 19.2 Å². The lowest BCUT2D eigenvalue weighted by Gasteiger charge is -2.18. The van der Waals surface area contributed by atoms with Crippen LogP contribution in [0.1, 0.15) is 30.3 Å². The quantitative estimate of drug-likeness (QED) is 0.221. The molecule has 0 atom stereocenters. The van der Waals surface area contributed by atoms with Crippen molar-refractivity contribution in [2.75, 3.05) is 0 Å². The first-order valence-corrected chi connectivity index (χ1v) is 12.0. The van der Waals surface area contributed by atoms with E-state index in [4.69, 9.17) is 18.1 Å². The van der Waals surface area contributed by atoms with Crippen molar-refractivity contribution in [3.8, 4) is 11.1 Å². The van der Waals surface area contributed by atoms with Gasteiger partial charge in [0.15, 0.2) is 0 Å². The van der Waals surface area contributed by atoms with E-state index in [1.54, 1.807) is 24.3 Å². The molecule has 1 heterocycles. The van der Waals surface area contributed by atoms with E-state index in [0.717, 1.165) is 10.8 Å². The first-order valence-electron chi connectivity index (χ1n) is 19.0. The number of para-hydroxylation sites is 1. The molecule has 178 valence electrons. The van der Waals surface area contributed by atoms with Crippen molar-refractivity contribution in [3.05, 3.63) is 144 Å². The lowest BCUT2D eigenvalue weighted by molar-refractivity contribution is 0.669. The van der Waals surface area contributed by atoms with Crippen LogP contribution in [0.15, 0.2) is 138 Å². The van der Waals surface area contributed by atoms with Gasteiger partial charge in [0.25, 0.3) is 0 Å². The molecular formula is C37H24O. The van der Waals surface area contributed by atoms with E-state index in [0.29, 0.717) is 16.7 Å². The first kappa shape index (κ1) is 11.7. The monoisotopic (exact) mass is 498 g/mol. The molecule has 0 amide bonds. The highest BCUT2D eigenvalue weighted by Gasteiger charge is 2.17. The van der Waals surface area contributed by atoms with Crippen LogP contribution in [0, 0.1) is 0 Å². The lowest BCUT2D eigenvalue weighted by Crippen LogP contribution is -1.96. The Labute approximate surface area is 240 Å². The summed E-state index contributed by atoms with van der Waals surface area (Å²) in [6.45, 7) is 0. The Morgan fingerprint density at radius 3 is 2.03 bits per heavy atom. The zero-order chi connectivity index (χ0) is 37.2. The van der Waals surface area contributed by atoms with Crippen LogP contribution < -0.4 is 0 Å². The number of fused-ring (bicyclic) bond motifs is 6. The fraction of sp³-hybridized carbons (Fsp3) is 0.0270. The Morgan fingerprint density at radius 1 is 0.526 bits per heavy atom. The van der Waals surface area contributed by atoms with Gasteiger partial charge in [0, 0.05) is 10.8 Å². The van der Waals surface area contributed by atoms with Crippen LogP contribution >= 0.6 is 0 Å². The molecule has 0 N–H and O–H groups in total. The maximum absolute atomic E-state index is 9.19. The molecule has 1 aromatic heterocycles. The molecule has 0 spiro atoms. The van der Waals surface area contributed by atoms with Crippen LogP contribution in [-0.4, -0.2) is 0 Å². The zero-order valence-electron chi connectivity index (χ0n) is 33.7. The highest BCUT2D eigenvalue weighted by molar-refractivity contribution is 6.16. The average Bonchev–Trinajstić information content (AvgIpc) is 3.51. The van der Waals surface area contributed by atoms with E-state index in [2.05, 4.69) is 0 Å². The SMILES string of the molecule is [2H]c1cc2c(Cc3c4c([2H])c([2H])c([2H])c([2H])c4c(-c4ccc5c(c4)oc4ccccc45)c4c([2H])c([2H])c([2H])c([2H])c34)c([2H])c([2H])c([2H])c2c([2H])c1[2H]. The van der Waals surface area contributed by atoms with E-state index in [1.165, 1.54) is 6.07 Å². The van der Waals surface area contributed by atoms with Crippen LogP contribution in [0.3, 0.4) is 0 Å². The summed E-state index contributed by atoms with van der Waals surface area (Å²) in [5, 5.41) is 1.27. The molecule has 7 aromatic carbocycles. The molecule has 0 saturated carbocycles. The molecule has 0 bridgehead atoms. The average molecular weight is 499 g/mol. The standard InChI is InChI=1S/C37H24O/c1-2-13-27-24(10-1)11-9-12-25(27)22-34-28-14-3-5-17-32(28)37(33-18-6-4-15-29(33)34)26-20-21-31-30-16-7-8-19-35(30)38-36(31)23-26/h1-21,23H,22H2/i1D,2D,3D,4D,5D,6D,9D,10D,11D,12D,14D,15D,17D,18D. The van der Waals surface area contributed by atoms with Gasteiger partial charge in [-0.1, -0.05) is 115 Å². The Hall–Kier alpha value is -4.88. The van der Waals surface area contributed by atoms with Gasteiger partial charge < -0.3 is 4.42 Å². The van der Waals surface area contributed by atoms with Gasteiger partial charge in [0.1, 0.15) is 11.2 Å². The molecule has 0 saturated heterocycles. The second-order valence-electron chi connectivity index (χ2n) is 9.02. The highest BCUT2D eigenvalue weighted by atomic mass is 16.3. The van der Waals surface area contributed by atoms with Gasteiger partial charge in [-0.2, -0.15) is 0 Å². The molecule has 0 radical (unpaired) electrons. The third kappa shape index (κ3) is 3.19. The van der Waals surface area contributed by atoms with Gasteiger partial charge in [-0.15, -0.1) is 0 Å². The zero-order valence-corrected chi connectivity index (χ0v) is 19.7. The molecule has 0 aliphatic carbocycles. The summed E-state index contributed by atoms with van der Waals surface area (Å²) in [4.78, 5) is 0. The third-order valence-electron chi connectivity index (χ3n) is 6.97. The smallest absolute Gasteiger partial charge is 0.136 e. The molecule has 1 heteroatoms. The van der Waals surface area contributed by atoms with E-state index in [9.17, 15) is 5.48 Å². The predicted molar refractivity (Wildman–Crippen MR) is 161 cm³/mol. The van der Waals surface area contributed by atoms with Crippen LogP contribution in [0.25, 0.3) is 65.4 Å². The summed E-state index contributed by atoms with van der Waals surface area (Å²) in [7, 11) is 0. The van der Waals surface area contributed by atoms with Gasteiger partial charge >= 0.3 is 0 Å². The van der Waals surface area contributed by atoms with Crippen LogP contribution in [0.5, 0.6) is 0 Å². The topological polar surface area (TPSA) is 13.1 Å². The lowest BCUT2D eigenvalue weighted by atomic mass is 9.85. The minimum absolute atomic E-state index is 0.00290. The summed E-state index contributed by atoms with van der Waals surface area (Å²) in [6.07, 6.45) is -0.433. The van der Waals surface area contributed by atoms with E-state index in [1.807, 2.05) is 18.2 Å². The van der Waals surface area contributed by atoms with Crippen molar-refractivity contribution in [2.45, 2.75) is 6.42 Å². The Morgan fingerprint density at radius 2 is 1.21 bits per heavy atom. The molecule has 1 nitrogen and oxygen atoms in total. The number of hydrogen-bond donors (Lipinski definition) is 0. The molecule has 0 aliphatic rings. The predicted octanol–water partition coefficient (Wildman–Crippen LogP) is 10.3. The number of furan rings is 1. The normalized spacial score (nSPS) is 16.9. The fourth-order valence-corrected chi connectivity index (χ4v) is 5.29. The van der Waals surface area contributed by atoms with Crippen LogP contribution in [0.2, 0.25) is 0 Å². The van der Waals surface area contributed by atoms with Gasteiger partial charge in [-0.25, -0.2) is 0 Å². The van der Waals surface area contributed by atoms with E-state index < -0.39 is 85.0 Å². The number of rotatable bonds is 3. The molecular weight excluding hydrogens is 460 g/mol. The summed E-state index contributed by atoms with van der Waals surface area (Å²) in [5.41, 5.74) is 1.55. The van der Waals surface area contributed by atoms with Crippen molar-refractivity contribution in [3.63, 3.8) is 0 Å². The minimum Gasteiger partial charge on any atom is -0.456 e. The summed E-state index contributed by atoms with van der Waals surface area (Å²) in [6, 6.07) is 6.63. The molecule has 8 rings (SSSR count). The fourth-order valence-electron chi connectivity index (χ4n) is 5.29. The van der Waals surface area contributed by atoms with Crippen LogP contribution in [0.4, 0.5) is 0 Å². The molecule has 0 fully saturated rings. The van der Waals surface area contributed by atoms with E-state index in [-0.39, 0.29) is 55.1 Å². The van der Waals surface area contributed by atoms with Crippen molar-refractivity contribution < 1.29 is 23.6 Å². The molecule has 8 aromatic rings.